The fourth-order valence-electron chi connectivity index (χ4n) is 0.983. The van der Waals surface area contributed by atoms with Crippen LogP contribution >= 0.6 is 35.0 Å². The van der Waals surface area contributed by atoms with Crippen molar-refractivity contribution >= 4 is 35.0 Å². The highest BCUT2D eigenvalue weighted by atomic mass is 35.5. The standard InChI is InChI=1S/C9H6Cl2N4S/c1-5-2-3-12-9(13-5)16-6-4-7(10)14-15-8(6)11/h2-4H,1H3. The Morgan fingerprint density at radius 2 is 2.06 bits per heavy atom. The van der Waals surface area contributed by atoms with Crippen molar-refractivity contribution < 1.29 is 0 Å². The fourth-order valence-corrected chi connectivity index (χ4v) is 2.20. The number of hydrogen-bond donors (Lipinski definition) is 0. The van der Waals surface area contributed by atoms with E-state index in [0.717, 1.165) is 5.69 Å². The first-order valence-corrected chi connectivity index (χ1v) is 5.88. The first-order chi connectivity index (χ1) is 7.65. The van der Waals surface area contributed by atoms with Gasteiger partial charge in [-0.05, 0) is 30.8 Å². The van der Waals surface area contributed by atoms with E-state index in [0.29, 0.717) is 20.4 Å². The maximum Gasteiger partial charge on any atom is 0.192 e. The SMILES string of the molecule is Cc1ccnc(Sc2cc(Cl)nnc2Cl)n1. The average Bonchev–Trinajstić information content (AvgIpc) is 2.24. The van der Waals surface area contributed by atoms with Gasteiger partial charge in [0.15, 0.2) is 15.5 Å². The van der Waals surface area contributed by atoms with Crippen LogP contribution in [0.1, 0.15) is 5.69 Å². The molecule has 0 aromatic carbocycles. The van der Waals surface area contributed by atoms with Crippen molar-refractivity contribution in [2.45, 2.75) is 17.0 Å². The number of hydrogen-bond acceptors (Lipinski definition) is 5. The lowest BCUT2D eigenvalue weighted by atomic mass is 10.5. The van der Waals surface area contributed by atoms with Crippen LogP contribution in [0.4, 0.5) is 0 Å². The number of halogens is 2. The van der Waals surface area contributed by atoms with Crippen LogP contribution in [0.5, 0.6) is 0 Å². The Morgan fingerprint density at radius 1 is 1.25 bits per heavy atom. The molecular formula is C9H6Cl2N4S. The summed E-state index contributed by atoms with van der Waals surface area (Å²) < 4.78 is 0. The molecule has 82 valence electrons. The van der Waals surface area contributed by atoms with Gasteiger partial charge in [-0.2, -0.15) is 0 Å². The van der Waals surface area contributed by atoms with E-state index in [1.165, 1.54) is 11.8 Å². The molecule has 2 aromatic rings. The van der Waals surface area contributed by atoms with Gasteiger partial charge in [0.2, 0.25) is 0 Å². The van der Waals surface area contributed by atoms with Gasteiger partial charge in [0, 0.05) is 11.9 Å². The number of aryl methyl sites for hydroxylation is 1. The van der Waals surface area contributed by atoms with E-state index in [1.54, 1.807) is 12.3 Å². The molecule has 2 rings (SSSR count). The van der Waals surface area contributed by atoms with Crippen LogP contribution in [-0.4, -0.2) is 20.2 Å². The molecule has 4 nitrogen and oxygen atoms in total. The largest absolute Gasteiger partial charge is 0.231 e. The summed E-state index contributed by atoms with van der Waals surface area (Å²) in [5.74, 6) is 0. The highest BCUT2D eigenvalue weighted by molar-refractivity contribution is 7.99. The van der Waals surface area contributed by atoms with Crippen LogP contribution in [0.2, 0.25) is 10.3 Å². The Balaban J connectivity index is 2.30. The number of rotatable bonds is 2. The summed E-state index contributed by atoms with van der Waals surface area (Å²) in [5.41, 5.74) is 0.890. The lowest BCUT2D eigenvalue weighted by molar-refractivity contribution is 0.928. The topological polar surface area (TPSA) is 51.6 Å². The third-order valence-corrected chi connectivity index (χ3v) is 3.15. The summed E-state index contributed by atoms with van der Waals surface area (Å²) in [5, 5.41) is 8.52. The quantitative estimate of drug-likeness (QED) is 0.787. The zero-order valence-corrected chi connectivity index (χ0v) is 10.5. The highest BCUT2D eigenvalue weighted by Crippen LogP contribution is 2.30. The fraction of sp³-hybridized carbons (Fsp3) is 0.111. The monoisotopic (exact) mass is 272 g/mol. The Labute approximate surface area is 106 Å². The van der Waals surface area contributed by atoms with Crippen molar-refractivity contribution in [1.82, 2.24) is 20.2 Å². The van der Waals surface area contributed by atoms with Crippen LogP contribution in [-0.2, 0) is 0 Å². The van der Waals surface area contributed by atoms with Gasteiger partial charge in [-0.1, -0.05) is 23.2 Å². The van der Waals surface area contributed by atoms with Crippen LogP contribution in [0.25, 0.3) is 0 Å². The molecule has 0 bridgehead atoms. The van der Waals surface area contributed by atoms with Gasteiger partial charge >= 0.3 is 0 Å². The Bertz CT molecular complexity index is 521. The molecule has 0 spiro atoms. The first-order valence-electron chi connectivity index (χ1n) is 4.31. The molecule has 0 aliphatic carbocycles. The van der Waals surface area contributed by atoms with Crippen molar-refractivity contribution in [1.29, 1.82) is 0 Å². The van der Waals surface area contributed by atoms with E-state index in [2.05, 4.69) is 20.2 Å². The van der Waals surface area contributed by atoms with Gasteiger partial charge in [0.1, 0.15) is 0 Å². The van der Waals surface area contributed by atoms with Crippen molar-refractivity contribution in [2.24, 2.45) is 0 Å². The van der Waals surface area contributed by atoms with Gasteiger partial charge in [0.05, 0.1) is 4.90 Å². The molecule has 0 saturated heterocycles. The molecule has 0 radical (unpaired) electrons. The predicted octanol–water partition coefficient (Wildman–Crippen LogP) is 3.03. The van der Waals surface area contributed by atoms with Gasteiger partial charge in [0.25, 0.3) is 0 Å². The molecule has 0 N–H and O–H groups in total. The summed E-state index contributed by atoms with van der Waals surface area (Å²) in [6.07, 6.45) is 1.69. The molecule has 0 unspecified atom stereocenters. The van der Waals surface area contributed by atoms with Gasteiger partial charge < -0.3 is 0 Å². The van der Waals surface area contributed by atoms with Gasteiger partial charge in [-0.3, -0.25) is 0 Å². The number of aromatic nitrogens is 4. The van der Waals surface area contributed by atoms with Crippen LogP contribution in [0, 0.1) is 6.92 Å². The lowest BCUT2D eigenvalue weighted by Crippen LogP contribution is -1.90. The van der Waals surface area contributed by atoms with Gasteiger partial charge in [-0.25, -0.2) is 9.97 Å². The van der Waals surface area contributed by atoms with E-state index in [9.17, 15) is 0 Å². The average molecular weight is 273 g/mol. The van der Waals surface area contributed by atoms with E-state index >= 15 is 0 Å². The molecule has 7 heteroatoms. The normalized spacial score (nSPS) is 10.4. The van der Waals surface area contributed by atoms with Crippen LogP contribution in [0.15, 0.2) is 28.4 Å². The second-order valence-electron chi connectivity index (χ2n) is 2.90. The summed E-state index contributed by atoms with van der Waals surface area (Å²) in [7, 11) is 0. The zero-order valence-electron chi connectivity index (χ0n) is 8.19. The predicted molar refractivity (Wildman–Crippen MR) is 62.9 cm³/mol. The molecule has 0 saturated carbocycles. The van der Waals surface area contributed by atoms with E-state index in [-0.39, 0.29) is 0 Å². The Kier molecular flexibility index (Phi) is 3.58. The van der Waals surface area contributed by atoms with Crippen LogP contribution < -0.4 is 0 Å². The van der Waals surface area contributed by atoms with E-state index in [4.69, 9.17) is 23.2 Å². The highest BCUT2D eigenvalue weighted by Gasteiger charge is 2.08. The summed E-state index contributed by atoms with van der Waals surface area (Å²) >= 11 is 12.9. The molecule has 16 heavy (non-hydrogen) atoms. The second-order valence-corrected chi connectivity index (χ2v) is 4.66. The summed E-state index contributed by atoms with van der Waals surface area (Å²) in [4.78, 5) is 9.04. The third kappa shape index (κ3) is 2.81. The summed E-state index contributed by atoms with van der Waals surface area (Å²) in [6, 6.07) is 3.46. The molecule has 0 atom stereocenters. The first kappa shape index (κ1) is 11.6. The van der Waals surface area contributed by atoms with Crippen molar-refractivity contribution in [2.75, 3.05) is 0 Å². The smallest absolute Gasteiger partial charge is 0.192 e. The minimum Gasteiger partial charge on any atom is -0.231 e. The minimum absolute atomic E-state index is 0.291. The Hall–Kier alpha value is -0.910. The maximum atomic E-state index is 5.88. The summed E-state index contributed by atoms with van der Waals surface area (Å²) in [6.45, 7) is 1.89. The van der Waals surface area contributed by atoms with Crippen molar-refractivity contribution in [3.05, 3.63) is 34.3 Å². The molecule has 2 aromatic heterocycles. The third-order valence-electron chi connectivity index (χ3n) is 1.66. The zero-order chi connectivity index (χ0) is 11.5. The second kappa shape index (κ2) is 4.95. The molecular weight excluding hydrogens is 267 g/mol. The van der Waals surface area contributed by atoms with Crippen molar-refractivity contribution in [3.63, 3.8) is 0 Å². The maximum absolute atomic E-state index is 5.88. The van der Waals surface area contributed by atoms with Crippen molar-refractivity contribution in [3.8, 4) is 0 Å². The molecule has 0 aliphatic rings. The molecule has 0 amide bonds. The molecule has 2 heterocycles. The molecule has 0 fully saturated rings. The van der Waals surface area contributed by atoms with E-state index in [1.807, 2.05) is 13.0 Å². The van der Waals surface area contributed by atoms with E-state index < -0.39 is 0 Å². The number of nitrogens with zero attached hydrogens (tertiary/aromatic N) is 4. The van der Waals surface area contributed by atoms with Crippen LogP contribution in [0.3, 0.4) is 0 Å². The van der Waals surface area contributed by atoms with Gasteiger partial charge in [-0.15, -0.1) is 10.2 Å². The minimum atomic E-state index is 0.291. The molecule has 0 aliphatic heterocycles. The lowest BCUT2D eigenvalue weighted by Gasteiger charge is -2.02. The Morgan fingerprint density at radius 3 is 2.81 bits per heavy atom.